The van der Waals surface area contributed by atoms with Crippen molar-refractivity contribution in [3.8, 4) is 0 Å². The van der Waals surface area contributed by atoms with Crippen LogP contribution in [-0.2, 0) is 0 Å². The van der Waals surface area contributed by atoms with Gasteiger partial charge in [0.05, 0.1) is 6.17 Å². The fraction of sp³-hybridized carbons (Fsp3) is 0.833. The van der Waals surface area contributed by atoms with Crippen molar-refractivity contribution in [2.24, 2.45) is 11.7 Å². The van der Waals surface area contributed by atoms with Crippen LogP contribution in [0.4, 0.5) is 0 Å². The molecule has 2 heteroatoms. The van der Waals surface area contributed by atoms with Gasteiger partial charge in [0, 0.05) is 5.54 Å². The number of allylic oxidation sites excluding steroid dienone is 1. The van der Waals surface area contributed by atoms with Gasteiger partial charge in [-0.25, -0.2) is 0 Å². The van der Waals surface area contributed by atoms with Gasteiger partial charge in [0.1, 0.15) is 0 Å². The normalized spacial score (nSPS) is 38.3. The first kappa shape index (κ1) is 11.7. The van der Waals surface area contributed by atoms with Crippen molar-refractivity contribution in [1.82, 2.24) is 5.32 Å². The number of hydrogen-bond donors (Lipinski definition) is 2. The third-order valence-electron chi connectivity index (χ3n) is 3.42. The molecule has 0 saturated carbocycles. The molecule has 1 aliphatic rings. The van der Waals surface area contributed by atoms with E-state index in [1.54, 1.807) is 0 Å². The minimum atomic E-state index is 0.0306. The Morgan fingerprint density at radius 2 is 2.21 bits per heavy atom. The molecule has 0 amide bonds. The minimum Gasteiger partial charge on any atom is -0.313 e. The van der Waals surface area contributed by atoms with Crippen LogP contribution in [0.1, 0.15) is 46.5 Å². The van der Waals surface area contributed by atoms with Crippen molar-refractivity contribution in [3.05, 3.63) is 12.2 Å². The maximum absolute atomic E-state index is 5.96. The summed E-state index contributed by atoms with van der Waals surface area (Å²) in [6.45, 7) is 6.83. The van der Waals surface area contributed by atoms with Crippen LogP contribution in [0.5, 0.6) is 0 Å². The molecule has 0 aliphatic carbocycles. The molecule has 82 valence electrons. The van der Waals surface area contributed by atoms with Gasteiger partial charge < -0.3 is 5.73 Å². The van der Waals surface area contributed by atoms with Crippen LogP contribution in [0.15, 0.2) is 12.2 Å². The van der Waals surface area contributed by atoms with E-state index in [0.717, 1.165) is 6.42 Å². The molecule has 0 spiro atoms. The molecule has 3 N–H and O–H groups in total. The van der Waals surface area contributed by atoms with E-state index in [4.69, 9.17) is 5.73 Å². The van der Waals surface area contributed by atoms with Crippen LogP contribution >= 0.6 is 0 Å². The Bertz CT molecular complexity index is 200. The summed E-state index contributed by atoms with van der Waals surface area (Å²) in [5.74, 6) is 0.715. The molecule has 1 aliphatic heterocycles. The van der Waals surface area contributed by atoms with Crippen molar-refractivity contribution >= 4 is 0 Å². The maximum atomic E-state index is 5.96. The zero-order valence-corrected chi connectivity index (χ0v) is 9.72. The van der Waals surface area contributed by atoms with Crippen LogP contribution in [0.25, 0.3) is 0 Å². The van der Waals surface area contributed by atoms with Crippen LogP contribution in [0.3, 0.4) is 0 Å². The third-order valence-corrected chi connectivity index (χ3v) is 3.42. The molecule has 1 heterocycles. The summed E-state index contributed by atoms with van der Waals surface area (Å²) in [5.41, 5.74) is 6.17. The van der Waals surface area contributed by atoms with Crippen molar-refractivity contribution in [2.45, 2.75) is 58.2 Å². The lowest BCUT2D eigenvalue weighted by Gasteiger charge is -2.38. The van der Waals surface area contributed by atoms with E-state index in [2.05, 4.69) is 38.2 Å². The highest BCUT2D eigenvalue weighted by Gasteiger charge is 2.33. The molecule has 3 unspecified atom stereocenters. The van der Waals surface area contributed by atoms with Crippen molar-refractivity contribution in [3.63, 3.8) is 0 Å². The molecule has 0 aromatic carbocycles. The Balaban J connectivity index is 2.76. The second-order valence-corrected chi connectivity index (χ2v) is 4.61. The second kappa shape index (κ2) is 4.94. The van der Waals surface area contributed by atoms with E-state index >= 15 is 0 Å². The van der Waals surface area contributed by atoms with Crippen LogP contribution in [0.2, 0.25) is 0 Å². The molecule has 0 saturated heterocycles. The number of nitrogens with two attached hydrogens (primary N) is 1. The van der Waals surface area contributed by atoms with Gasteiger partial charge in [-0.3, -0.25) is 5.32 Å². The second-order valence-electron chi connectivity index (χ2n) is 4.61. The SMILES string of the molecule is CCCC1(C)NC(N)C=CCC1CC. The van der Waals surface area contributed by atoms with Gasteiger partial charge in [-0.2, -0.15) is 0 Å². The van der Waals surface area contributed by atoms with Gasteiger partial charge in [-0.05, 0) is 25.7 Å². The van der Waals surface area contributed by atoms with Crippen molar-refractivity contribution < 1.29 is 0 Å². The lowest BCUT2D eigenvalue weighted by Crippen LogP contribution is -2.54. The van der Waals surface area contributed by atoms with Gasteiger partial charge in [0.2, 0.25) is 0 Å². The third kappa shape index (κ3) is 2.58. The summed E-state index contributed by atoms with van der Waals surface area (Å²) >= 11 is 0. The Hall–Kier alpha value is -0.340. The van der Waals surface area contributed by atoms with E-state index in [9.17, 15) is 0 Å². The molecule has 1 rings (SSSR count). The monoisotopic (exact) mass is 196 g/mol. The Kier molecular flexibility index (Phi) is 4.14. The van der Waals surface area contributed by atoms with Crippen molar-refractivity contribution in [1.29, 1.82) is 0 Å². The predicted octanol–water partition coefficient (Wildman–Crippen LogP) is 2.41. The number of nitrogens with one attached hydrogen (secondary N) is 1. The average Bonchev–Trinajstić information content (AvgIpc) is 2.24. The van der Waals surface area contributed by atoms with Gasteiger partial charge in [-0.1, -0.05) is 38.8 Å². The van der Waals surface area contributed by atoms with Crippen LogP contribution < -0.4 is 11.1 Å². The number of rotatable bonds is 3. The zero-order chi connectivity index (χ0) is 10.6. The van der Waals surface area contributed by atoms with E-state index in [0.29, 0.717) is 5.92 Å². The smallest absolute Gasteiger partial charge is 0.0742 e. The highest BCUT2D eigenvalue weighted by Crippen LogP contribution is 2.30. The molecule has 3 atom stereocenters. The lowest BCUT2D eigenvalue weighted by molar-refractivity contribution is 0.201. The minimum absolute atomic E-state index is 0.0306. The summed E-state index contributed by atoms with van der Waals surface area (Å²) in [6, 6.07) is 0. The molecule has 2 nitrogen and oxygen atoms in total. The van der Waals surface area contributed by atoms with E-state index in [1.807, 2.05) is 0 Å². The molecule has 0 fully saturated rings. The quantitative estimate of drug-likeness (QED) is 0.680. The van der Waals surface area contributed by atoms with E-state index in [1.165, 1.54) is 19.3 Å². The first-order valence-electron chi connectivity index (χ1n) is 5.82. The highest BCUT2D eigenvalue weighted by atomic mass is 15.1. The maximum Gasteiger partial charge on any atom is 0.0742 e. The fourth-order valence-electron chi connectivity index (χ4n) is 2.61. The molecular weight excluding hydrogens is 172 g/mol. The Morgan fingerprint density at radius 1 is 1.50 bits per heavy atom. The fourth-order valence-corrected chi connectivity index (χ4v) is 2.61. The first-order valence-corrected chi connectivity index (χ1v) is 5.82. The predicted molar refractivity (Wildman–Crippen MR) is 62.0 cm³/mol. The Morgan fingerprint density at radius 3 is 2.79 bits per heavy atom. The molecular formula is C12H24N2. The molecule has 0 aromatic rings. The van der Waals surface area contributed by atoms with E-state index in [-0.39, 0.29) is 11.7 Å². The van der Waals surface area contributed by atoms with Crippen LogP contribution in [0, 0.1) is 5.92 Å². The van der Waals surface area contributed by atoms with Gasteiger partial charge in [-0.15, -0.1) is 0 Å². The molecule has 0 aromatic heterocycles. The zero-order valence-electron chi connectivity index (χ0n) is 9.72. The molecule has 14 heavy (non-hydrogen) atoms. The standard InChI is InChI=1S/C12H24N2/c1-4-9-12(3)10(5-2)7-6-8-11(13)14-12/h6,8,10-11,14H,4-5,7,9,13H2,1-3H3. The summed E-state index contributed by atoms with van der Waals surface area (Å²) in [7, 11) is 0. The summed E-state index contributed by atoms with van der Waals surface area (Å²) in [5, 5.41) is 3.55. The van der Waals surface area contributed by atoms with Gasteiger partial charge in [0.25, 0.3) is 0 Å². The molecule has 0 bridgehead atoms. The highest BCUT2D eigenvalue weighted by molar-refractivity contribution is 5.04. The summed E-state index contributed by atoms with van der Waals surface area (Å²) < 4.78 is 0. The first-order chi connectivity index (χ1) is 6.62. The van der Waals surface area contributed by atoms with Crippen LogP contribution in [-0.4, -0.2) is 11.7 Å². The van der Waals surface area contributed by atoms with Gasteiger partial charge in [0.15, 0.2) is 0 Å². The summed E-state index contributed by atoms with van der Waals surface area (Å²) in [6.07, 6.45) is 9.15. The average molecular weight is 196 g/mol. The van der Waals surface area contributed by atoms with E-state index < -0.39 is 0 Å². The van der Waals surface area contributed by atoms with Gasteiger partial charge >= 0.3 is 0 Å². The van der Waals surface area contributed by atoms with Crippen molar-refractivity contribution in [2.75, 3.05) is 0 Å². The molecule has 0 radical (unpaired) electrons. The summed E-state index contributed by atoms with van der Waals surface area (Å²) in [4.78, 5) is 0. The lowest BCUT2D eigenvalue weighted by atomic mass is 9.79. The number of hydrogen-bond acceptors (Lipinski definition) is 2. The largest absolute Gasteiger partial charge is 0.313 e. The topological polar surface area (TPSA) is 38.0 Å². The Labute approximate surface area is 87.9 Å².